The number of rotatable bonds is 3. The molecule has 0 saturated carbocycles. The monoisotopic (exact) mass is 495 g/mol. The first-order valence-electron chi connectivity index (χ1n) is 9.86. The highest BCUT2D eigenvalue weighted by Gasteiger charge is 2.32. The summed E-state index contributed by atoms with van der Waals surface area (Å²) in [5.74, 6) is 0. The zero-order valence-electron chi connectivity index (χ0n) is 17.0. The maximum atomic E-state index is 13.3. The highest BCUT2D eigenvalue weighted by molar-refractivity contribution is 9.10. The third-order valence-corrected chi connectivity index (χ3v) is 6.13. The van der Waals surface area contributed by atoms with Crippen molar-refractivity contribution in [3.05, 3.63) is 68.0 Å². The number of nitrogens with zero attached hydrogens (tertiary/aromatic N) is 3. The van der Waals surface area contributed by atoms with E-state index in [9.17, 15) is 18.0 Å². The second kappa shape index (κ2) is 8.27. The van der Waals surface area contributed by atoms with Gasteiger partial charge in [0.25, 0.3) is 0 Å². The van der Waals surface area contributed by atoms with Crippen LogP contribution in [-0.4, -0.2) is 35.4 Å². The van der Waals surface area contributed by atoms with Crippen LogP contribution in [0.5, 0.6) is 0 Å². The fraction of sp³-hybridized carbons (Fsp3) is 0.364. The number of hydrogen-bond donors (Lipinski definition) is 0. The summed E-state index contributed by atoms with van der Waals surface area (Å²) >= 11 is 3.27. The van der Waals surface area contributed by atoms with Gasteiger partial charge in [0, 0.05) is 25.8 Å². The predicted molar refractivity (Wildman–Crippen MR) is 117 cm³/mol. The minimum Gasteiger partial charge on any atom is -0.375 e. The number of ether oxygens (including phenoxy) is 1. The Labute approximate surface area is 185 Å². The molecule has 1 aliphatic heterocycles. The van der Waals surface area contributed by atoms with E-state index in [1.54, 1.807) is 23.0 Å². The summed E-state index contributed by atoms with van der Waals surface area (Å²) in [6.07, 6.45) is -1.08. The lowest BCUT2D eigenvalue weighted by Gasteiger charge is -2.32. The molecule has 0 radical (unpaired) electrons. The molecule has 1 aromatic carbocycles. The van der Waals surface area contributed by atoms with Gasteiger partial charge in [0.1, 0.15) is 5.52 Å². The molecule has 1 aliphatic rings. The first-order valence-corrected chi connectivity index (χ1v) is 10.7. The number of fused-ring (bicyclic) bond motifs is 1. The van der Waals surface area contributed by atoms with E-state index in [1.807, 2.05) is 13.0 Å². The van der Waals surface area contributed by atoms with E-state index in [1.165, 1.54) is 13.0 Å². The Balaban J connectivity index is 1.81. The van der Waals surface area contributed by atoms with Crippen molar-refractivity contribution in [2.45, 2.75) is 32.7 Å². The lowest BCUT2D eigenvalue weighted by Crippen LogP contribution is -2.41. The van der Waals surface area contributed by atoms with E-state index in [2.05, 4.69) is 25.8 Å². The van der Waals surface area contributed by atoms with Crippen molar-refractivity contribution in [1.82, 2.24) is 9.55 Å². The topological polar surface area (TPSA) is 47.4 Å². The fourth-order valence-corrected chi connectivity index (χ4v) is 4.35. The number of hydrogen-bond acceptors (Lipinski definition) is 4. The Morgan fingerprint density at radius 2 is 2.10 bits per heavy atom. The summed E-state index contributed by atoms with van der Waals surface area (Å²) in [5, 5.41) is 0. The van der Waals surface area contributed by atoms with Gasteiger partial charge in [-0.05, 0) is 53.0 Å². The molecule has 9 heteroatoms. The Morgan fingerprint density at radius 3 is 2.81 bits per heavy atom. The van der Waals surface area contributed by atoms with Crippen molar-refractivity contribution >= 4 is 32.7 Å². The number of pyridine rings is 2. The van der Waals surface area contributed by atoms with E-state index < -0.39 is 11.7 Å². The zero-order valence-corrected chi connectivity index (χ0v) is 18.6. The number of anilines is 1. The molecule has 0 aliphatic carbocycles. The molecule has 0 unspecified atom stereocenters. The minimum atomic E-state index is -4.42. The number of aromatic nitrogens is 2. The van der Waals surface area contributed by atoms with Crippen LogP contribution in [0.25, 0.3) is 11.0 Å². The van der Waals surface area contributed by atoms with Gasteiger partial charge in [-0.3, -0.25) is 4.79 Å². The molecular formula is C22H21BrF3N3O2. The van der Waals surface area contributed by atoms with Crippen molar-refractivity contribution < 1.29 is 17.9 Å². The molecular weight excluding hydrogens is 475 g/mol. The molecule has 0 bridgehead atoms. The third kappa shape index (κ3) is 4.34. The number of alkyl halides is 3. The van der Waals surface area contributed by atoms with Gasteiger partial charge in [-0.1, -0.05) is 12.1 Å². The third-order valence-electron chi connectivity index (χ3n) is 5.56. The Morgan fingerprint density at radius 1 is 1.32 bits per heavy atom. The molecule has 0 N–H and O–H groups in total. The average Bonchev–Trinajstić information content (AvgIpc) is 2.72. The minimum absolute atomic E-state index is 0.0734. The van der Waals surface area contributed by atoms with E-state index in [0.29, 0.717) is 35.2 Å². The molecule has 0 spiro atoms. The van der Waals surface area contributed by atoms with Crippen LogP contribution in [0.2, 0.25) is 0 Å². The van der Waals surface area contributed by atoms with Crippen molar-refractivity contribution in [3.63, 3.8) is 0 Å². The van der Waals surface area contributed by atoms with E-state index in [-0.39, 0.29) is 29.2 Å². The quantitative estimate of drug-likeness (QED) is 0.525. The Bertz CT molecular complexity index is 1190. The molecule has 0 amide bonds. The molecule has 164 valence electrons. The maximum Gasteiger partial charge on any atom is 0.416 e. The molecule has 31 heavy (non-hydrogen) atoms. The van der Waals surface area contributed by atoms with E-state index in [0.717, 1.165) is 11.8 Å². The molecule has 1 atom stereocenters. The van der Waals surface area contributed by atoms with Crippen LogP contribution in [-0.2, 0) is 17.5 Å². The van der Waals surface area contributed by atoms with Crippen molar-refractivity contribution in [2.75, 3.05) is 24.6 Å². The van der Waals surface area contributed by atoms with Gasteiger partial charge in [-0.15, -0.1) is 0 Å². The smallest absolute Gasteiger partial charge is 0.375 e. The second-order valence-corrected chi connectivity index (χ2v) is 8.56. The highest BCUT2D eigenvalue weighted by Crippen LogP contribution is 2.33. The first-order chi connectivity index (χ1) is 14.6. The van der Waals surface area contributed by atoms with Gasteiger partial charge in [0.2, 0.25) is 5.43 Å². The van der Waals surface area contributed by atoms with Gasteiger partial charge in [-0.25, -0.2) is 4.98 Å². The fourth-order valence-electron chi connectivity index (χ4n) is 3.92. The summed E-state index contributed by atoms with van der Waals surface area (Å²) in [5.41, 5.74) is 1.47. The Kier molecular flexibility index (Phi) is 5.83. The van der Waals surface area contributed by atoms with Gasteiger partial charge < -0.3 is 14.2 Å². The summed E-state index contributed by atoms with van der Waals surface area (Å²) in [7, 11) is 0. The van der Waals surface area contributed by atoms with Gasteiger partial charge in [0.15, 0.2) is 0 Å². The summed E-state index contributed by atoms with van der Waals surface area (Å²) < 4.78 is 47.7. The van der Waals surface area contributed by atoms with Crippen molar-refractivity contribution in [2.24, 2.45) is 0 Å². The molecule has 1 fully saturated rings. The van der Waals surface area contributed by atoms with Gasteiger partial charge >= 0.3 is 6.18 Å². The average molecular weight is 496 g/mol. The Hall–Kier alpha value is -2.39. The lowest BCUT2D eigenvalue weighted by atomic mass is 10.0. The number of halogens is 4. The molecule has 2 aromatic heterocycles. The lowest BCUT2D eigenvalue weighted by molar-refractivity contribution is -0.138. The SMILES string of the molecule is Cc1c(Cn2cc(Br)c(=O)c3ncc(N4CCO[C@@H](C)C4)cc32)cccc1C(F)(F)F. The van der Waals surface area contributed by atoms with Crippen LogP contribution in [0.15, 0.2) is 45.9 Å². The summed E-state index contributed by atoms with van der Waals surface area (Å²) in [6, 6.07) is 6.03. The van der Waals surface area contributed by atoms with Crippen LogP contribution < -0.4 is 10.3 Å². The van der Waals surface area contributed by atoms with Gasteiger partial charge in [-0.2, -0.15) is 13.2 Å². The van der Waals surface area contributed by atoms with Crippen LogP contribution in [0.1, 0.15) is 23.6 Å². The van der Waals surface area contributed by atoms with Crippen LogP contribution in [0.3, 0.4) is 0 Å². The van der Waals surface area contributed by atoms with E-state index >= 15 is 0 Å². The molecule has 3 heterocycles. The number of morpholine rings is 1. The summed E-state index contributed by atoms with van der Waals surface area (Å²) in [4.78, 5) is 19.1. The van der Waals surface area contributed by atoms with Gasteiger partial charge in [0.05, 0.1) is 40.1 Å². The molecule has 4 rings (SSSR count). The molecule has 1 saturated heterocycles. The second-order valence-electron chi connectivity index (χ2n) is 7.71. The zero-order chi connectivity index (χ0) is 22.3. The highest BCUT2D eigenvalue weighted by atomic mass is 79.9. The number of benzene rings is 1. The predicted octanol–water partition coefficient (Wildman–Crippen LogP) is 4.76. The first kappa shape index (κ1) is 21.8. The van der Waals surface area contributed by atoms with Crippen LogP contribution >= 0.6 is 15.9 Å². The largest absolute Gasteiger partial charge is 0.416 e. The molecule has 5 nitrogen and oxygen atoms in total. The van der Waals surface area contributed by atoms with Crippen molar-refractivity contribution in [1.29, 1.82) is 0 Å². The maximum absolute atomic E-state index is 13.3. The molecule has 3 aromatic rings. The van der Waals surface area contributed by atoms with Crippen LogP contribution in [0, 0.1) is 6.92 Å². The standard InChI is InChI=1S/C22H21BrF3N3O2/c1-13-10-28(6-7-31-13)16-8-19-20(27-9-16)21(30)18(23)12-29(19)11-15-4-3-5-17(14(15)2)22(24,25)26/h3-5,8-9,12-13H,6-7,10-11H2,1-2H3/t13-/m0/s1. The van der Waals surface area contributed by atoms with E-state index in [4.69, 9.17) is 4.74 Å². The normalized spacial score (nSPS) is 17.4. The summed E-state index contributed by atoms with van der Waals surface area (Å²) in [6.45, 7) is 5.62. The van der Waals surface area contributed by atoms with Crippen molar-refractivity contribution in [3.8, 4) is 0 Å². The van der Waals surface area contributed by atoms with Crippen LogP contribution in [0.4, 0.5) is 18.9 Å².